The van der Waals surface area contributed by atoms with E-state index in [4.69, 9.17) is 4.74 Å². The predicted molar refractivity (Wildman–Crippen MR) is 81.6 cm³/mol. The molecule has 0 unspecified atom stereocenters. The summed E-state index contributed by atoms with van der Waals surface area (Å²) in [4.78, 5) is 2.26. The number of rotatable bonds is 4. The highest BCUT2D eigenvalue weighted by atomic mass is 16.5. The summed E-state index contributed by atoms with van der Waals surface area (Å²) in [6.07, 6.45) is 8.40. The van der Waals surface area contributed by atoms with Crippen molar-refractivity contribution < 1.29 is 4.74 Å². The van der Waals surface area contributed by atoms with Crippen molar-refractivity contribution in [2.75, 3.05) is 6.54 Å². The number of hydrogen-bond acceptors (Lipinski definition) is 2. The molecule has 2 nitrogen and oxygen atoms in total. The first-order valence-electron chi connectivity index (χ1n) is 6.80. The van der Waals surface area contributed by atoms with Gasteiger partial charge in [0.2, 0.25) is 0 Å². The molecule has 0 bridgehead atoms. The summed E-state index contributed by atoms with van der Waals surface area (Å²) in [7, 11) is 0. The van der Waals surface area contributed by atoms with Gasteiger partial charge in [-0.1, -0.05) is 48.6 Å². The van der Waals surface area contributed by atoms with E-state index in [1.165, 1.54) is 5.56 Å². The van der Waals surface area contributed by atoms with Crippen LogP contribution in [0.15, 0.2) is 79.0 Å². The molecule has 2 heteroatoms. The predicted octanol–water partition coefficient (Wildman–Crippen LogP) is 4.36. The highest BCUT2D eigenvalue weighted by Gasteiger charge is 2.08. The lowest BCUT2D eigenvalue weighted by atomic mass is 10.2. The van der Waals surface area contributed by atoms with Crippen molar-refractivity contribution in [1.29, 1.82) is 0 Å². The molecule has 0 N–H and O–H groups in total. The Balaban J connectivity index is 1.77. The van der Waals surface area contributed by atoms with Gasteiger partial charge in [0.25, 0.3) is 0 Å². The largest absolute Gasteiger partial charge is 0.457 e. The molecule has 0 aliphatic carbocycles. The standard InChI is InChI=1S/C18H17NO/c1-3-10-17(11-4-1)20-18-12-6-5-9-16(18)15-19-13-7-2-8-14-19/h1-13H,14-15H2. The Morgan fingerprint density at radius 3 is 2.50 bits per heavy atom. The minimum Gasteiger partial charge on any atom is -0.457 e. The zero-order valence-corrected chi connectivity index (χ0v) is 11.3. The maximum Gasteiger partial charge on any atom is 0.132 e. The van der Waals surface area contributed by atoms with Crippen LogP contribution < -0.4 is 4.74 Å². The lowest BCUT2D eigenvalue weighted by Gasteiger charge is -2.22. The Bertz CT molecular complexity index is 616. The zero-order valence-electron chi connectivity index (χ0n) is 11.3. The average Bonchev–Trinajstić information content (AvgIpc) is 2.51. The van der Waals surface area contributed by atoms with Gasteiger partial charge in [-0.2, -0.15) is 0 Å². The number of nitrogens with zero attached hydrogens (tertiary/aromatic N) is 1. The fourth-order valence-electron chi connectivity index (χ4n) is 2.19. The van der Waals surface area contributed by atoms with Gasteiger partial charge in [0.1, 0.15) is 11.5 Å². The average molecular weight is 263 g/mol. The van der Waals surface area contributed by atoms with Crippen LogP contribution >= 0.6 is 0 Å². The highest BCUT2D eigenvalue weighted by molar-refractivity contribution is 5.38. The van der Waals surface area contributed by atoms with Gasteiger partial charge in [0.15, 0.2) is 0 Å². The van der Waals surface area contributed by atoms with Crippen LogP contribution in [0.25, 0.3) is 0 Å². The number of para-hydroxylation sites is 2. The Morgan fingerprint density at radius 1 is 0.900 bits per heavy atom. The van der Waals surface area contributed by atoms with Gasteiger partial charge in [0, 0.05) is 18.7 Å². The topological polar surface area (TPSA) is 12.5 Å². The Kier molecular flexibility index (Phi) is 3.83. The lowest BCUT2D eigenvalue weighted by molar-refractivity contribution is 0.391. The molecule has 0 saturated heterocycles. The summed E-state index contributed by atoms with van der Waals surface area (Å²) in [5.74, 6) is 1.79. The van der Waals surface area contributed by atoms with Crippen molar-refractivity contribution in [1.82, 2.24) is 4.90 Å². The fraction of sp³-hybridized carbons (Fsp3) is 0.111. The maximum absolute atomic E-state index is 5.98. The van der Waals surface area contributed by atoms with Crippen molar-refractivity contribution in [3.8, 4) is 11.5 Å². The monoisotopic (exact) mass is 263 g/mol. The third-order valence-electron chi connectivity index (χ3n) is 3.20. The minimum atomic E-state index is 0.851. The Morgan fingerprint density at radius 2 is 1.70 bits per heavy atom. The molecule has 0 spiro atoms. The zero-order chi connectivity index (χ0) is 13.6. The second-order valence-electron chi connectivity index (χ2n) is 4.72. The molecule has 2 aromatic rings. The minimum absolute atomic E-state index is 0.851. The van der Waals surface area contributed by atoms with Crippen LogP contribution in [0.5, 0.6) is 11.5 Å². The molecule has 1 aliphatic heterocycles. The van der Waals surface area contributed by atoms with E-state index >= 15 is 0 Å². The number of benzene rings is 2. The van der Waals surface area contributed by atoms with Gasteiger partial charge in [0.05, 0.1) is 0 Å². The quantitative estimate of drug-likeness (QED) is 0.812. The van der Waals surface area contributed by atoms with Gasteiger partial charge in [-0.3, -0.25) is 0 Å². The molecule has 0 aromatic heterocycles. The molecule has 0 amide bonds. The molecule has 20 heavy (non-hydrogen) atoms. The number of allylic oxidation sites excluding steroid dienone is 2. The van der Waals surface area contributed by atoms with E-state index in [0.29, 0.717) is 0 Å². The summed E-state index contributed by atoms with van der Waals surface area (Å²) in [5, 5.41) is 0. The first kappa shape index (κ1) is 12.5. The van der Waals surface area contributed by atoms with Crippen LogP contribution in [0.3, 0.4) is 0 Å². The summed E-state index contributed by atoms with van der Waals surface area (Å²) < 4.78 is 5.98. The molecular weight excluding hydrogens is 246 g/mol. The SMILES string of the molecule is C1=CCN(Cc2ccccc2Oc2ccccc2)C=C1. The van der Waals surface area contributed by atoms with E-state index in [2.05, 4.69) is 41.5 Å². The van der Waals surface area contributed by atoms with Crippen LogP contribution in [0.4, 0.5) is 0 Å². The van der Waals surface area contributed by atoms with Gasteiger partial charge in [-0.25, -0.2) is 0 Å². The molecule has 0 radical (unpaired) electrons. The first-order chi connectivity index (χ1) is 9.92. The third-order valence-corrected chi connectivity index (χ3v) is 3.20. The van der Waals surface area contributed by atoms with Gasteiger partial charge in [-0.15, -0.1) is 0 Å². The smallest absolute Gasteiger partial charge is 0.132 e. The van der Waals surface area contributed by atoms with Gasteiger partial charge < -0.3 is 9.64 Å². The first-order valence-corrected chi connectivity index (χ1v) is 6.80. The molecular formula is C18H17NO. The number of ether oxygens (including phenoxy) is 1. The summed E-state index contributed by atoms with van der Waals surface area (Å²) in [6.45, 7) is 1.79. The second kappa shape index (κ2) is 6.11. The summed E-state index contributed by atoms with van der Waals surface area (Å²) >= 11 is 0. The van der Waals surface area contributed by atoms with Crippen LogP contribution in [-0.2, 0) is 6.54 Å². The summed E-state index contributed by atoms with van der Waals surface area (Å²) in [5.41, 5.74) is 1.19. The lowest BCUT2D eigenvalue weighted by Crippen LogP contribution is -2.18. The van der Waals surface area contributed by atoms with Crippen molar-refractivity contribution in [3.05, 3.63) is 84.6 Å². The normalized spacial score (nSPS) is 13.5. The van der Waals surface area contributed by atoms with Crippen LogP contribution in [-0.4, -0.2) is 11.4 Å². The van der Waals surface area contributed by atoms with Crippen molar-refractivity contribution >= 4 is 0 Å². The van der Waals surface area contributed by atoms with Crippen molar-refractivity contribution in [2.45, 2.75) is 6.54 Å². The third kappa shape index (κ3) is 3.09. The molecule has 1 aliphatic rings. The molecule has 1 heterocycles. The van der Waals surface area contributed by atoms with E-state index in [1.54, 1.807) is 0 Å². The fourth-order valence-corrected chi connectivity index (χ4v) is 2.19. The number of hydrogen-bond donors (Lipinski definition) is 0. The van der Waals surface area contributed by atoms with E-state index in [9.17, 15) is 0 Å². The van der Waals surface area contributed by atoms with Gasteiger partial charge >= 0.3 is 0 Å². The molecule has 2 aromatic carbocycles. The van der Waals surface area contributed by atoms with E-state index in [1.807, 2.05) is 42.5 Å². The van der Waals surface area contributed by atoms with E-state index in [-0.39, 0.29) is 0 Å². The van der Waals surface area contributed by atoms with Gasteiger partial charge in [-0.05, 0) is 30.5 Å². The van der Waals surface area contributed by atoms with E-state index in [0.717, 1.165) is 24.6 Å². The molecule has 0 atom stereocenters. The molecule has 0 fully saturated rings. The summed E-state index contributed by atoms with van der Waals surface area (Å²) in [6, 6.07) is 18.1. The molecule has 0 saturated carbocycles. The molecule has 100 valence electrons. The Hall–Kier alpha value is -2.48. The molecule has 3 rings (SSSR count). The highest BCUT2D eigenvalue weighted by Crippen LogP contribution is 2.26. The van der Waals surface area contributed by atoms with Crippen LogP contribution in [0.2, 0.25) is 0 Å². The van der Waals surface area contributed by atoms with Crippen molar-refractivity contribution in [3.63, 3.8) is 0 Å². The maximum atomic E-state index is 5.98. The van der Waals surface area contributed by atoms with E-state index < -0.39 is 0 Å². The van der Waals surface area contributed by atoms with Crippen LogP contribution in [0.1, 0.15) is 5.56 Å². The van der Waals surface area contributed by atoms with Crippen LogP contribution in [0, 0.1) is 0 Å². The van der Waals surface area contributed by atoms with Crippen molar-refractivity contribution in [2.24, 2.45) is 0 Å². The Labute approximate surface area is 119 Å². The second-order valence-corrected chi connectivity index (χ2v) is 4.72.